The number of nitrogens with two attached hydrogens (primary N) is 1. The summed E-state index contributed by atoms with van der Waals surface area (Å²) >= 11 is 0. The number of likely N-dealkylation sites (tertiary alicyclic amines) is 1. The van der Waals surface area contributed by atoms with Crippen molar-refractivity contribution in [1.82, 2.24) is 30.0 Å². The van der Waals surface area contributed by atoms with Crippen LogP contribution in [0.3, 0.4) is 0 Å². The molecule has 1 aliphatic carbocycles. The molecule has 1 saturated heterocycles. The second-order valence-corrected chi connectivity index (χ2v) is 9.22. The summed E-state index contributed by atoms with van der Waals surface area (Å²) in [6.07, 6.45) is -1.76. The first-order chi connectivity index (χ1) is 16.3. The monoisotopic (exact) mass is 469 g/mol. The lowest BCUT2D eigenvalue weighted by molar-refractivity contribution is -0.199. The molecule has 2 aliphatic rings. The molecular weight excluding hydrogens is 447 g/mol. The van der Waals surface area contributed by atoms with Gasteiger partial charge >= 0.3 is 6.18 Å². The normalized spacial score (nSPS) is 20.2. The molecule has 34 heavy (non-hydrogen) atoms. The van der Waals surface area contributed by atoms with Crippen LogP contribution in [0.15, 0.2) is 30.5 Å². The van der Waals surface area contributed by atoms with Crippen molar-refractivity contribution in [1.29, 1.82) is 0 Å². The topological polar surface area (TPSA) is 117 Å². The molecule has 1 aliphatic heterocycles. The Hall–Kier alpha value is -3.63. The average molecular weight is 469 g/mol. The number of fused-ring (bicyclic) bond motifs is 3. The number of carbonyl (C=O) groups excluding carboxylic acids is 1. The van der Waals surface area contributed by atoms with Crippen molar-refractivity contribution in [3.05, 3.63) is 36.3 Å². The van der Waals surface area contributed by atoms with Gasteiger partial charge in [-0.15, -0.1) is 0 Å². The number of nitrogen functional groups attached to an aromatic ring is 1. The van der Waals surface area contributed by atoms with Crippen LogP contribution in [0.4, 0.5) is 19.0 Å². The van der Waals surface area contributed by atoms with E-state index in [0.29, 0.717) is 41.2 Å². The van der Waals surface area contributed by atoms with Gasteiger partial charge in [0, 0.05) is 36.2 Å². The molecule has 1 amide bonds. The van der Waals surface area contributed by atoms with Crippen LogP contribution < -0.4 is 5.73 Å². The third-order valence-electron chi connectivity index (χ3n) is 7.08. The Kier molecular flexibility index (Phi) is 4.42. The van der Waals surface area contributed by atoms with E-state index in [4.69, 9.17) is 10.7 Å². The first kappa shape index (κ1) is 20.9. The van der Waals surface area contributed by atoms with Gasteiger partial charge in [0.15, 0.2) is 0 Å². The van der Waals surface area contributed by atoms with E-state index < -0.39 is 17.5 Å². The van der Waals surface area contributed by atoms with Gasteiger partial charge in [-0.05, 0) is 43.9 Å². The average Bonchev–Trinajstić information content (AvgIpc) is 3.26. The zero-order chi connectivity index (χ0) is 23.7. The number of H-pyrrole nitrogens is 2. The summed E-state index contributed by atoms with van der Waals surface area (Å²) in [5.74, 6) is -0.101. The molecule has 0 unspecified atom stereocenters. The van der Waals surface area contributed by atoms with Gasteiger partial charge < -0.3 is 15.6 Å². The molecule has 4 aromatic rings. The highest BCUT2D eigenvalue weighted by atomic mass is 19.4. The molecule has 4 heterocycles. The SMILES string of the molecule is Nc1nc2cc(-c3ccn[nH]3)ccc2c2nc([C@H]3CCCN(C(=O)C4(C(F)(F)F)CC4)C3)[nH]c12. The van der Waals surface area contributed by atoms with Crippen LogP contribution >= 0.6 is 0 Å². The number of imidazole rings is 1. The van der Waals surface area contributed by atoms with E-state index in [-0.39, 0.29) is 25.3 Å². The lowest BCUT2D eigenvalue weighted by Crippen LogP contribution is -2.47. The van der Waals surface area contributed by atoms with Crippen molar-refractivity contribution in [2.24, 2.45) is 5.41 Å². The fourth-order valence-corrected chi connectivity index (χ4v) is 4.99. The Bertz CT molecular complexity index is 1410. The second-order valence-electron chi connectivity index (χ2n) is 9.22. The number of pyridine rings is 1. The number of hydrogen-bond donors (Lipinski definition) is 3. The van der Waals surface area contributed by atoms with Gasteiger partial charge in [0.05, 0.1) is 11.2 Å². The van der Waals surface area contributed by atoms with Gasteiger partial charge in [0.1, 0.15) is 28.1 Å². The number of benzene rings is 1. The Labute approximate surface area is 191 Å². The molecular formula is C23H22F3N7O. The van der Waals surface area contributed by atoms with Crippen LogP contribution in [0.2, 0.25) is 0 Å². The van der Waals surface area contributed by atoms with E-state index in [9.17, 15) is 18.0 Å². The summed E-state index contributed by atoms with van der Waals surface area (Å²) in [6, 6.07) is 7.62. The highest BCUT2D eigenvalue weighted by Crippen LogP contribution is 2.59. The van der Waals surface area contributed by atoms with Crippen LogP contribution in [0.5, 0.6) is 0 Å². The van der Waals surface area contributed by atoms with Gasteiger partial charge in [0.2, 0.25) is 5.91 Å². The Morgan fingerprint density at radius 1 is 1.21 bits per heavy atom. The molecule has 0 bridgehead atoms. The van der Waals surface area contributed by atoms with E-state index in [2.05, 4.69) is 20.2 Å². The molecule has 4 N–H and O–H groups in total. The number of anilines is 1. The molecule has 1 saturated carbocycles. The van der Waals surface area contributed by atoms with Crippen LogP contribution in [-0.2, 0) is 4.79 Å². The number of rotatable bonds is 3. The zero-order valence-corrected chi connectivity index (χ0v) is 18.1. The molecule has 0 radical (unpaired) electrons. The largest absolute Gasteiger partial charge is 0.403 e. The first-order valence-electron chi connectivity index (χ1n) is 11.2. The van der Waals surface area contributed by atoms with Crippen LogP contribution in [0.25, 0.3) is 33.2 Å². The van der Waals surface area contributed by atoms with Crippen molar-refractivity contribution >= 4 is 33.7 Å². The number of amides is 1. The standard InChI is InChI=1S/C23H22F3N7O/c24-23(25,26)22(6-7-22)21(34)33-9-1-2-13(11-33)20-30-17-14-4-3-12(15-5-8-28-32-15)10-16(14)29-19(27)18(17)31-20/h3-5,8,10,13H,1-2,6-7,9,11H2,(H2,27,29)(H,28,32)(H,30,31)/t13-/m0/s1. The summed E-state index contributed by atoms with van der Waals surface area (Å²) < 4.78 is 40.4. The third-order valence-corrected chi connectivity index (χ3v) is 7.08. The molecule has 3 aromatic heterocycles. The summed E-state index contributed by atoms with van der Waals surface area (Å²) in [7, 11) is 0. The number of nitrogens with one attached hydrogen (secondary N) is 2. The number of halogens is 3. The fourth-order valence-electron chi connectivity index (χ4n) is 4.99. The summed E-state index contributed by atoms with van der Waals surface area (Å²) in [5, 5.41) is 7.71. The number of carbonyl (C=O) groups is 1. The predicted octanol–water partition coefficient (Wildman–Crippen LogP) is 4.13. The van der Waals surface area contributed by atoms with Crippen molar-refractivity contribution < 1.29 is 18.0 Å². The maximum atomic E-state index is 13.5. The van der Waals surface area contributed by atoms with Crippen LogP contribution in [-0.4, -0.2) is 55.2 Å². The number of nitrogens with zero attached hydrogens (tertiary/aromatic N) is 4. The van der Waals surface area contributed by atoms with Gasteiger partial charge in [-0.2, -0.15) is 18.3 Å². The Morgan fingerprint density at radius 2 is 2.03 bits per heavy atom. The highest BCUT2D eigenvalue weighted by molar-refractivity contribution is 6.07. The minimum absolute atomic E-state index is 0.129. The summed E-state index contributed by atoms with van der Waals surface area (Å²) in [4.78, 5) is 26.7. The summed E-state index contributed by atoms with van der Waals surface area (Å²) in [5.41, 5.74) is 7.72. The molecule has 1 atom stereocenters. The fraction of sp³-hybridized carbons (Fsp3) is 0.391. The van der Waals surface area contributed by atoms with Crippen LogP contribution in [0.1, 0.15) is 37.4 Å². The smallest absolute Gasteiger partial charge is 0.382 e. The molecule has 0 spiro atoms. The van der Waals surface area contributed by atoms with Gasteiger partial charge in [-0.25, -0.2) is 9.97 Å². The van der Waals surface area contributed by atoms with Crippen LogP contribution in [0, 0.1) is 5.41 Å². The molecule has 6 rings (SSSR count). The lowest BCUT2D eigenvalue weighted by Gasteiger charge is -2.35. The minimum Gasteiger partial charge on any atom is -0.382 e. The molecule has 8 nitrogen and oxygen atoms in total. The van der Waals surface area contributed by atoms with Crippen molar-refractivity contribution in [3.63, 3.8) is 0 Å². The van der Waals surface area contributed by atoms with Crippen molar-refractivity contribution in [2.45, 2.75) is 37.8 Å². The van der Waals surface area contributed by atoms with E-state index in [1.165, 1.54) is 4.90 Å². The second kappa shape index (κ2) is 7.18. The first-order valence-corrected chi connectivity index (χ1v) is 11.2. The van der Waals surface area contributed by atoms with Crippen molar-refractivity contribution in [2.75, 3.05) is 18.8 Å². The molecule has 11 heteroatoms. The zero-order valence-electron chi connectivity index (χ0n) is 18.1. The van der Waals surface area contributed by atoms with Gasteiger partial charge in [-0.3, -0.25) is 9.89 Å². The number of aromatic amines is 2. The third kappa shape index (κ3) is 3.13. The predicted molar refractivity (Wildman–Crippen MR) is 120 cm³/mol. The highest BCUT2D eigenvalue weighted by Gasteiger charge is 2.69. The molecule has 176 valence electrons. The molecule has 2 fully saturated rings. The maximum absolute atomic E-state index is 13.5. The Morgan fingerprint density at radius 3 is 2.74 bits per heavy atom. The number of aromatic nitrogens is 5. The maximum Gasteiger partial charge on any atom is 0.403 e. The van der Waals surface area contributed by atoms with E-state index in [1.54, 1.807) is 6.20 Å². The van der Waals surface area contributed by atoms with E-state index in [0.717, 1.165) is 23.1 Å². The number of hydrogen-bond acceptors (Lipinski definition) is 5. The van der Waals surface area contributed by atoms with E-state index >= 15 is 0 Å². The van der Waals surface area contributed by atoms with Gasteiger partial charge in [-0.1, -0.05) is 6.07 Å². The lowest BCUT2D eigenvalue weighted by atomic mass is 9.95. The minimum atomic E-state index is -4.51. The number of alkyl halides is 3. The summed E-state index contributed by atoms with van der Waals surface area (Å²) in [6.45, 7) is 0.530. The number of piperidine rings is 1. The quantitative estimate of drug-likeness (QED) is 0.417. The molecule has 1 aromatic carbocycles. The van der Waals surface area contributed by atoms with E-state index in [1.807, 2.05) is 24.3 Å². The van der Waals surface area contributed by atoms with Crippen molar-refractivity contribution in [3.8, 4) is 11.3 Å². The van der Waals surface area contributed by atoms with Gasteiger partial charge in [0.25, 0.3) is 0 Å². The Balaban J connectivity index is 1.33.